The highest BCUT2D eigenvalue weighted by atomic mass is 16.3. The molecule has 0 saturated carbocycles. The van der Waals surface area contributed by atoms with Gasteiger partial charge in [0.2, 0.25) is 0 Å². The molecule has 0 aliphatic rings. The number of nitrogens with two attached hydrogens (primary N) is 1. The van der Waals surface area contributed by atoms with Gasteiger partial charge in [0.05, 0.1) is 6.61 Å². The van der Waals surface area contributed by atoms with E-state index in [1.165, 1.54) is 0 Å². The first-order valence-corrected chi connectivity index (χ1v) is 7.47. The molecule has 114 valence electrons. The van der Waals surface area contributed by atoms with Crippen LogP contribution in [0.3, 0.4) is 0 Å². The third kappa shape index (κ3) is 3.60. The van der Waals surface area contributed by atoms with Gasteiger partial charge in [-0.3, -0.25) is 0 Å². The van der Waals surface area contributed by atoms with Crippen molar-refractivity contribution < 1.29 is 5.11 Å². The summed E-state index contributed by atoms with van der Waals surface area (Å²) in [7, 11) is 0. The highest BCUT2D eigenvalue weighted by molar-refractivity contribution is 5.57. The molecule has 3 N–H and O–H groups in total. The lowest BCUT2D eigenvalue weighted by Gasteiger charge is -2.32. The fraction of sp³-hybridized carbons (Fsp3) is 0.733. The maximum absolute atomic E-state index is 9.36. The van der Waals surface area contributed by atoms with Gasteiger partial charge in [-0.15, -0.1) is 0 Å². The Morgan fingerprint density at radius 3 is 2.25 bits per heavy atom. The lowest BCUT2D eigenvalue weighted by Crippen LogP contribution is -2.38. The second kappa shape index (κ2) is 7.43. The van der Waals surface area contributed by atoms with Crippen molar-refractivity contribution in [2.75, 3.05) is 23.8 Å². The number of rotatable bonds is 7. The van der Waals surface area contributed by atoms with Gasteiger partial charge in [0.25, 0.3) is 0 Å². The highest BCUT2D eigenvalue weighted by Crippen LogP contribution is 2.27. The van der Waals surface area contributed by atoms with Gasteiger partial charge >= 0.3 is 0 Å². The van der Waals surface area contributed by atoms with Gasteiger partial charge in [-0.25, -0.2) is 9.97 Å². The first kappa shape index (κ1) is 16.7. The van der Waals surface area contributed by atoms with Crippen molar-refractivity contribution in [3.63, 3.8) is 0 Å². The van der Waals surface area contributed by atoms with Crippen molar-refractivity contribution in [3.05, 3.63) is 11.4 Å². The normalized spacial score (nSPS) is 11.4. The van der Waals surface area contributed by atoms with E-state index in [-0.39, 0.29) is 12.5 Å². The van der Waals surface area contributed by atoms with Gasteiger partial charge in [-0.2, -0.15) is 0 Å². The largest absolute Gasteiger partial charge is 0.395 e. The molecule has 0 fully saturated rings. The van der Waals surface area contributed by atoms with Crippen LogP contribution in [0.25, 0.3) is 0 Å². The molecule has 0 amide bonds. The van der Waals surface area contributed by atoms with Gasteiger partial charge < -0.3 is 15.7 Å². The molecule has 5 nitrogen and oxygen atoms in total. The third-order valence-electron chi connectivity index (χ3n) is 3.69. The average molecular weight is 280 g/mol. The quantitative estimate of drug-likeness (QED) is 0.802. The van der Waals surface area contributed by atoms with Crippen LogP contribution < -0.4 is 10.6 Å². The number of nitrogens with zero attached hydrogens (tertiary/aromatic N) is 3. The molecule has 0 radical (unpaired) electrons. The van der Waals surface area contributed by atoms with E-state index in [2.05, 4.69) is 37.6 Å². The zero-order chi connectivity index (χ0) is 15.3. The molecule has 0 bridgehead atoms. The fourth-order valence-corrected chi connectivity index (χ4v) is 2.38. The lowest BCUT2D eigenvalue weighted by molar-refractivity contribution is 0.295. The molecule has 5 heteroatoms. The molecule has 1 rings (SSSR count). The minimum atomic E-state index is 0.108. The maximum atomic E-state index is 9.36. The Hall–Kier alpha value is -1.36. The summed E-state index contributed by atoms with van der Waals surface area (Å²) in [4.78, 5) is 11.2. The Morgan fingerprint density at radius 1 is 1.20 bits per heavy atom. The number of aromatic nitrogens is 2. The summed E-state index contributed by atoms with van der Waals surface area (Å²) in [5, 5.41) is 9.36. The summed E-state index contributed by atoms with van der Waals surface area (Å²) in [5.74, 6) is 2.39. The molecule has 1 aromatic heterocycles. The van der Waals surface area contributed by atoms with E-state index < -0.39 is 0 Å². The fourth-order valence-electron chi connectivity index (χ4n) is 2.38. The average Bonchev–Trinajstić information content (AvgIpc) is 2.42. The van der Waals surface area contributed by atoms with Crippen molar-refractivity contribution in [1.29, 1.82) is 0 Å². The summed E-state index contributed by atoms with van der Waals surface area (Å²) in [6.45, 7) is 11.0. The van der Waals surface area contributed by atoms with E-state index in [0.717, 1.165) is 30.0 Å². The van der Waals surface area contributed by atoms with Crippen LogP contribution in [0.15, 0.2) is 0 Å². The summed E-state index contributed by atoms with van der Waals surface area (Å²) < 4.78 is 0. The highest BCUT2D eigenvalue weighted by Gasteiger charge is 2.21. The maximum Gasteiger partial charge on any atom is 0.137 e. The molecule has 0 aliphatic heterocycles. The number of anilines is 2. The molecule has 0 aliphatic carbocycles. The monoisotopic (exact) mass is 280 g/mol. The van der Waals surface area contributed by atoms with E-state index in [4.69, 9.17) is 10.7 Å². The molecule has 0 saturated heterocycles. The van der Waals surface area contributed by atoms with Crippen LogP contribution in [0, 0.1) is 6.92 Å². The summed E-state index contributed by atoms with van der Waals surface area (Å²) in [6.07, 6.45) is 2.02. The van der Waals surface area contributed by atoms with Gasteiger partial charge in [0.15, 0.2) is 0 Å². The van der Waals surface area contributed by atoms with Crippen molar-refractivity contribution in [2.45, 2.75) is 59.4 Å². The Morgan fingerprint density at radius 2 is 1.80 bits per heavy atom. The van der Waals surface area contributed by atoms with Crippen molar-refractivity contribution in [1.82, 2.24) is 9.97 Å². The first-order valence-electron chi connectivity index (χ1n) is 7.47. The van der Waals surface area contributed by atoms with Crippen LogP contribution in [0.4, 0.5) is 11.6 Å². The van der Waals surface area contributed by atoms with E-state index >= 15 is 0 Å². The van der Waals surface area contributed by atoms with E-state index in [1.54, 1.807) is 0 Å². The zero-order valence-corrected chi connectivity index (χ0v) is 13.3. The standard InChI is InChI=1S/C15H28N4O/c1-6-12(7-2)19(8-9-20)15-11(5)13(16)17-14(18-15)10(3)4/h10,12,20H,6-9H2,1-5H3,(H2,16,17,18). The van der Waals surface area contributed by atoms with Gasteiger partial charge in [0.1, 0.15) is 17.5 Å². The summed E-state index contributed by atoms with van der Waals surface area (Å²) >= 11 is 0. The lowest BCUT2D eigenvalue weighted by atomic mass is 10.1. The molecule has 0 aromatic carbocycles. The molecule has 0 unspecified atom stereocenters. The predicted octanol–water partition coefficient (Wildman–Crippen LogP) is 2.48. The van der Waals surface area contributed by atoms with Crippen molar-refractivity contribution in [3.8, 4) is 0 Å². The van der Waals surface area contributed by atoms with Crippen molar-refractivity contribution >= 4 is 11.6 Å². The predicted molar refractivity (Wildman–Crippen MR) is 84.1 cm³/mol. The van der Waals surface area contributed by atoms with E-state index in [1.807, 2.05) is 6.92 Å². The van der Waals surface area contributed by atoms with Crippen molar-refractivity contribution in [2.24, 2.45) is 0 Å². The van der Waals surface area contributed by atoms with Crippen LogP contribution in [-0.2, 0) is 0 Å². The van der Waals surface area contributed by atoms with Crippen LogP contribution in [0.2, 0.25) is 0 Å². The van der Waals surface area contributed by atoms with Crippen LogP contribution >= 0.6 is 0 Å². The summed E-state index contributed by atoms with van der Waals surface area (Å²) in [6, 6.07) is 0.357. The number of hydrogen-bond donors (Lipinski definition) is 2. The smallest absolute Gasteiger partial charge is 0.137 e. The topological polar surface area (TPSA) is 75.3 Å². The number of aliphatic hydroxyl groups excluding tert-OH is 1. The number of hydrogen-bond acceptors (Lipinski definition) is 5. The Balaban J connectivity index is 3.30. The SMILES string of the molecule is CCC(CC)N(CCO)c1nc(C(C)C)nc(N)c1C. The first-order chi connectivity index (χ1) is 9.46. The Labute approximate surface area is 122 Å². The molecule has 0 atom stereocenters. The molecule has 0 spiro atoms. The van der Waals surface area contributed by atoms with E-state index in [0.29, 0.717) is 18.4 Å². The van der Waals surface area contributed by atoms with Crippen LogP contribution in [0.5, 0.6) is 0 Å². The van der Waals surface area contributed by atoms with Gasteiger partial charge in [-0.05, 0) is 19.8 Å². The minimum absolute atomic E-state index is 0.108. The minimum Gasteiger partial charge on any atom is -0.395 e. The molecule has 1 aromatic rings. The number of aliphatic hydroxyl groups is 1. The summed E-state index contributed by atoms with van der Waals surface area (Å²) in [5.41, 5.74) is 6.93. The molecular weight excluding hydrogens is 252 g/mol. The van der Waals surface area contributed by atoms with E-state index in [9.17, 15) is 5.11 Å². The van der Waals surface area contributed by atoms with Crippen LogP contribution in [0.1, 0.15) is 57.8 Å². The Kier molecular flexibility index (Phi) is 6.20. The third-order valence-corrected chi connectivity index (χ3v) is 3.69. The number of nitrogen functional groups attached to an aromatic ring is 1. The van der Waals surface area contributed by atoms with Gasteiger partial charge in [0, 0.05) is 24.1 Å². The second-order valence-electron chi connectivity index (χ2n) is 5.46. The zero-order valence-electron chi connectivity index (χ0n) is 13.3. The molecule has 1 heterocycles. The molecular formula is C15H28N4O. The van der Waals surface area contributed by atoms with Gasteiger partial charge in [-0.1, -0.05) is 27.7 Å². The Bertz CT molecular complexity index is 430. The van der Waals surface area contributed by atoms with Crippen LogP contribution in [-0.4, -0.2) is 34.3 Å². The second-order valence-corrected chi connectivity index (χ2v) is 5.46. The molecule has 20 heavy (non-hydrogen) atoms.